The molecule has 0 spiro atoms. The number of amides is 1. The van der Waals surface area contributed by atoms with E-state index in [2.05, 4.69) is 29.6 Å². The van der Waals surface area contributed by atoms with Gasteiger partial charge in [-0.1, -0.05) is 30.3 Å². The molecule has 1 amide bonds. The van der Waals surface area contributed by atoms with Gasteiger partial charge in [0.2, 0.25) is 10.0 Å². The Morgan fingerprint density at radius 2 is 1.70 bits per heavy atom. The van der Waals surface area contributed by atoms with E-state index in [0.29, 0.717) is 37.6 Å². The Bertz CT molecular complexity index is 1130. The van der Waals surface area contributed by atoms with E-state index >= 15 is 0 Å². The molecule has 0 unspecified atom stereocenters. The number of carbonyl (C=O) groups is 1. The van der Waals surface area contributed by atoms with E-state index in [-0.39, 0.29) is 11.9 Å². The van der Waals surface area contributed by atoms with Crippen molar-refractivity contribution in [1.82, 2.24) is 9.62 Å². The third-order valence-electron chi connectivity index (χ3n) is 7.44. The molecule has 0 saturated carbocycles. The SMILES string of the molecule is Cc1cc(C)c(C)c(S(=O)(=O)N2CC[NH+](CC(=O)N[C@H]3CCCc4ccccc43)CC2)c1C. The quantitative estimate of drug-likeness (QED) is 0.702. The molecule has 2 N–H and O–H groups in total. The van der Waals surface area contributed by atoms with Crippen molar-refractivity contribution < 1.29 is 18.1 Å². The first kappa shape index (κ1) is 23.9. The maximum absolute atomic E-state index is 13.5. The van der Waals surface area contributed by atoms with Crippen LogP contribution >= 0.6 is 0 Å². The fraction of sp³-hybridized carbons (Fsp3) is 0.500. The minimum atomic E-state index is -3.56. The fourth-order valence-corrected chi connectivity index (χ4v) is 7.31. The minimum Gasteiger partial charge on any atom is -0.344 e. The molecule has 2 aromatic rings. The van der Waals surface area contributed by atoms with Crippen LogP contribution in [0.2, 0.25) is 0 Å². The lowest BCUT2D eigenvalue weighted by atomic mass is 9.88. The van der Waals surface area contributed by atoms with Crippen LogP contribution in [0.15, 0.2) is 35.2 Å². The van der Waals surface area contributed by atoms with E-state index in [1.165, 1.54) is 11.1 Å². The summed E-state index contributed by atoms with van der Waals surface area (Å²) in [4.78, 5) is 14.4. The zero-order valence-corrected chi connectivity index (χ0v) is 21.0. The van der Waals surface area contributed by atoms with Gasteiger partial charge in [0, 0.05) is 0 Å². The number of fused-ring (bicyclic) bond motifs is 1. The van der Waals surface area contributed by atoms with Gasteiger partial charge in [0.05, 0.1) is 37.1 Å². The lowest BCUT2D eigenvalue weighted by molar-refractivity contribution is -0.895. The molecule has 6 nitrogen and oxygen atoms in total. The van der Waals surface area contributed by atoms with Crippen molar-refractivity contribution in [3.63, 3.8) is 0 Å². The first-order valence-electron chi connectivity index (χ1n) is 12.0. The highest BCUT2D eigenvalue weighted by molar-refractivity contribution is 7.89. The zero-order chi connectivity index (χ0) is 23.8. The molecule has 2 aromatic carbocycles. The first-order chi connectivity index (χ1) is 15.7. The van der Waals surface area contributed by atoms with Gasteiger partial charge >= 0.3 is 0 Å². The van der Waals surface area contributed by atoms with Gasteiger partial charge in [-0.25, -0.2) is 8.42 Å². The fourth-order valence-electron chi connectivity index (χ4n) is 5.29. The summed E-state index contributed by atoms with van der Waals surface area (Å²) in [6, 6.07) is 10.5. The van der Waals surface area contributed by atoms with Crippen LogP contribution in [0.25, 0.3) is 0 Å². The highest BCUT2D eigenvalue weighted by atomic mass is 32.2. The lowest BCUT2D eigenvalue weighted by Crippen LogP contribution is -3.15. The Hall–Kier alpha value is -2.22. The molecule has 1 aliphatic carbocycles. The molecular formula is C26H36N3O3S+. The molecule has 1 aliphatic heterocycles. The third-order valence-corrected chi connectivity index (χ3v) is 9.61. The number of hydrogen-bond acceptors (Lipinski definition) is 3. The molecule has 1 heterocycles. The number of nitrogens with zero attached hydrogens (tertiary/aromatic N) is 1. The van der Waals surface area contributed by atoms with Crippen LogP contribution in [0.3, 0.4) is 0 Å². The molecule has 1 atom stereocenters. The van der Waals surface area contributed by atoms with Crippen molar-refractivity contribution in [2.24, 2.45) is 0 Å². The molecule has 178 valence electrons. The second-order valence-corrected chi connectivity index (χ2v) is 11.5. The Kier molecular flexibility index (Phi) is 6.93. The average molecular weight is 471 g/mol. The largest absolute Gasteiger partial charge is 0.344 e. The first-order valence-corrected chi connectivity index (χ1v) is 13.4. The van der Waals surface area contributed by atoms with E-state index in [4.69, 9.17) is 0 Å². The van der Waals surface area contributed by atoms with Crippen molar-refractivity contribution in [2.45, 2.75) is 57.9 Å². The highest BCUT2D eigenvalue weighted by Gasteiger charge is 2.34. The van der Waals surface area contributed by atoms with Crippen LogP contribution in [0, 0.1) is 27.7 Å². The molecule has 0 bridgehead atoms. The van der Waals surface area contributed by atoms with Crippen LogP contribution in [0.5, 0.6) is 0 Å². The Morgan fingerprint density at radius 1 is 1.06 bits per heavy atom. The number of rotatable bonds is 5. The molecular weight excluding hydrogens is 434 g/mol. The van der Waals surface area contributed by atoms with Crippen molar-refractivity contribution in [2.75, 3.05) is 32.7 Å². The molecule has 1 fully saturated rings. The Morgan fingerprint density at radius 3 is 2.36 bits per heavy atom. The topological polar surface area (TPSA) is 70.9 Å². The second-order valence-electron chi connectivity index (χ2n) is 9.63. The maximum atomic E-state index is 13.5. The van der Waals surface area contributed by atoms with Crippen LogP contribution in [0.1, 0.15) is 52.3 Å². The average Bonchev–Trinajstić information content (AvgIpc) is 2.78. The van der Waals surface area contributed by atoms with E-state index in [0.717, 1.165) is 46.4 Å². The van der Waals surface area contributed by atoms with E-state index < -0.39 is 10.0 Å². The summed E-state index contributed by atoms with van der Waals surface area (Å²) in [5, 5.41) is 3.23. The number of carbonyl (C=O) groups excluding carboxylic acids is 1. The third kappa shape index (κ3) is 4.86. The summed E-state index contributed by atoms with van der Waals surface area (Å²) in [6.45, 7) is 10.2. The molecule has 1 saturated heterocycles. The zero-order valence-electron chi connectivity index (χ0n) is 20.2. The Labute approximate surface area is 198 Å². The molecule has 2 aliphatic rings. The van der Waals surface area contributed by atoms with Gasteiger partial charge in [0.25, 0.3) is 5.91 Å². The van der Waals surface area contributed by atoms with Gasteiger partial charge in [0.15, 0.2) is 6.54 Å². The summed E-state index contributed by atoms with van der Waals surface area (Å²) < 4.78 is 28.6. The van der Waals surface area contributed by atoms with Gasteiger partial charge in [-0.05, 0) is 80.3 Å². The smallest absolute Gasteiger partial charge is 0.275 e. The lowest BCUT2D eigenvalue weighted by Gasteiger charge is -2.33. The van der Waals surface area contributed by atoms with Crippen molar-refractivity contribution >= 4 is 15.9 Å². The number of nitrogens with one attached hydrogen (secondary N) is 2. The molecule has 0 radical (unpaired) electrons. The standard InChI is InChI=1S/C26H35N3O3S/c1-18-16-19(2)21(4)26(20(18)3)33(31,32)29-14-12-28(13-15-29)17-25(30)27-24-11-7-9-22-8-5-6-10-23(22)24/h5-6,8,10,16,24H,7,9,11-15,17H2,1-4H3,(H,27,30)/p+1/t24-/m0/s1. The number of piperazine rings is 1. The molecule has 0 aromatic heterocycles. The van der Waals surface area contributed by atoms with Gasteiger partial charge in [-0.15, -0.1) is 0 Å². The van der Waals surface area contributed by atoms with Gasteiger partial charge < -0.3 is 10.2 Å². The second kappa shape index (κ2) is 9.57. The minimum absolute atomic E-state index is 0.0454. The summed E-state index contributed by atoms with van der Waals surface area (Å²) in [5.41, 5.74) is 6.24. The molecule has 33 heavy (non-hydrogen) atoms. The van der Waals surface area contributed by atoms with Crippen molar-refractivity contribution in [3.05, 3.63) is 63.7 Å². The predicted molar refractivity (Wildman–Crippen MR) is 130 cm³/mol. The summed E-state index contributed by atoms with van der Waals surface area (Å²) in [5.74, 6) is 0.0454. The predicted octanol–water partition coefficient (Wildman–Crippen LogP) is 2.00. The summed E-state index contributed by atoms with van der Waals surface area (Å²) >= 11 is 0. The summed E-state index contributed by atoms with van der Waals surface area (Å²) in [6.07, 6.45) is 3.13. The molecule has 4 rings (SSSR count). The van der Waals surface area contributed by atoms with E-state index in [1.54, 1.807) is 4.31 Å². The number of aryl methyl sites for hydroxylation is 3. The van der Waals surface area contributed by atoms with Crippen LogP contribution in [0.4, 0.5) is 0 Å². The van der Waals surface area contributed by atoms with Crippen molar-refractivity contribution in [1.29, 1.82) is 0 Å². The number of benzene rings is 2. The van der Waals surface area contributed by atoms with Gasteiger partial charge in [0.1, 0.15) is 0 Å². The summed E-state index contributed by atoms with van der Waals surface area (Å²) in [7, 11) is -3.56. The molecule has 7 heteroatoms. The monoisotopic (exact) mass is 470 g/mol. The Balaban J connectivity index is 1.37. The number of sulfonamides is 1. The highest BCUT2D eigenvalue weighted by Crippen LogP contribution is 2.30. The van der Waals surface area contributed by atoms with Gasteiger partial charge in [-0.2, -0.15) is 4.31 Å². The van der Waals surface area contributed by atoms with Crippen LogP contribution in [-0.4, -0.2) is 51.4 Å². The van der Waals surface area contributed by atoms with E-state index in [9.17, 15) is 13.2 Å². The van der Waals surface area contributed by atoms with Crippen molar-refractivity contribution in [3.8, 4) is 0 Å². The normalized spacial score (nSPS) is 19.8. The van der Waals surface area contributed by atoms with Gasteiger partial charge in [-0.3, -0.25) is 4.79 Å². The van der Waals surface area contributed by atoms with Crippen LogP contribution < -0.4 is 10.2 Å². The van der Waals surface area contributed by atoms with Crippen LogP contribution in [-0.2, 0) is 21.2 Å². The number of quaternary nitrogens is 1. The van der Waals surface area contributed by atoms with E-state index in [1.807, 2.05) is 33.8 Å². The number of hydrogen-bond donors (Lipinski definition) is 2. The maximum Gasteiger partial charge on any atom is 0.275 e.